The highest BCUT2D eigenvalue weighted by molar-refractivity contribution is 5.00. The SMILES string of the molecule is CCNC(C)CCCc1ccn(C(CC)CC)n1. The van der Waals surface area contributed by atoms with Gasteiger partial charge < -0.3 is 5.32 Å². The number of aromatic nitrogens is 2. The molecule has 0 amide bonds. The molecule has 1 heterocycles. The second-order valence-electron chi connectivity index (χ2n) is 5.11. The van der Waals surface area contributed by atoms with E-state index in [9.17, 15) is 0 Å². The van der Waals surface area contributed by atoms with Crippen LogP contribution >= 0.6 is 0 Å². The van der Waals surface area contributed by atoms with Crippen LogP contribution in [0.2, 0.25) is 0 Å². The molecule has 1 atom stereocenters. The van der Waals surface area contributed by atoms with Crippen molar-refractivity contribution in [2.45, 2.75) is 71.9 Å². The van der Waals surface area contributed by atoms with Crippen molar-refractivity contribution in [2.75, 3.05) is 6.54 Å². The monoisotopic (exact) mass is 251 g/mol. The number of hydrogen-bond acceptors (Lipinski definition) is 2. The molecule has 1 unspecified atom stereocenters. The van der Waals surface area contributed by atoms with Gasteiger partial charge in [0.15, 0.2) is 0 Å². The van der Waals surface area contributed by atoms with Crippen LogP contribution in [0.4, 0.5) is 0 Å². The van der Waals surface area contributed by atoms with Crippen molar-refractivity contribution in [3.05, 3.63) is 18.0 Å². The molecule has 104 valence electrons. The molecule has 3 nitrogen and oxygen atoms in total. The Bertz CT molecular complexity index is 315. The fraction of sp³-hybridized carbons (Fsp3) is 0.800. The minimum atomic E-state index is 0.569. The quantitative estimate of drug-likeness (QED) is 0.727. The van der Waals surface area contributed by atoms with E-state index in [1.807, 2.05) is 0 Å². The van der Waals surface area contributed by atoms with Gasteiger partial charge >= 0.3 is 0 Å². The lowest BCUT2D eigenvalue weighted by Crippen LogP contribution is -2.25. The maximum Gasteiger partial charge on any atom is 0.0624 e. The van der Waals surface area contributed by atoms with Crippen molar-refractivity contribution >= 4 is 0 Å². The second-order valence-corrected chi connectivity index (χ2v) is 5.11. The summed E-state index contributed by atoms with van der Waals surface area (Å²) >= 11 is 0. The van der Waals surface area contributed by atoms with Crippen molar-refractivity contribution in [1.82, 2.24) is 15.1 Å². The van der Waals surface area contributed by atoms with E-state index < -0.39 is 0 Å². The largest absolute Gasteiger partial charge is 0.315 e. The van der Waals surface area contributed by atoms with Gasteiger partial charge in [-0.25, -0.2) is 0 Å². The van der Waals surface area contributed by atoms with Gasteiger partial charge in [0.1, 0.15) is 0 Å². The average molecular weight is 251 g/mol. The first-order valence-corrected chi connectivity index (χ1v) is 7.48. The molecule has 0 fully saturated rings. The summed E-state index contributed by atoms with van der Waals surface area (Å²) in [5.74, 6) is 0. The molecule has 1 N–H and O–H groups in total. The lowest BCUT2D eigenvalue weighted by atomic mass is 10.1. The molecule has 3 heteroatoms. The van der Waals surface area contributed by atoms with Crippen molar-refractivity contribution in [3.63, 3.8) is 0 Å². The highest BCUT2D eigenvalue weighted by Gasteiger charge is 2.08. The van der Waals surface area contributed by atoms with E-state index in [0.717, 1.165) is 25.8 Å². The number of nitrogens with zero attached hydrogens (tertiary/aromatic N) is 2. The van der Waals surface area contributed by atoms with Gasteiger partial charge in [0.05, 0.1) is 11.7 Å². The molecule has 0 aliphatic rings. The minimum absolute atomic E-state index is 0.569. The van der Waals surface area contributed by atoms with E-state index in [0.29, 0.717) is 12.1 Å². The van der Waals surface area contributed by atoms with Crippen LogP contribution in [0.25, 0.3) is 0 Å². The molecule has 0 aromatic carbocycles. The fourth-order valence-electron chi connectivity index (χ4n) is 2.42. The molecule has 0 bridgehead atoms. The highest BCUT2D eigenvalue weighted by Crippen LogP contribution is 2.15. The third kappa shape index (κ3) is 4.81. The molecule has 1 aromatic heterocycles. The van der Waals surface area contributed by atoms with E-state index in [1.54, 1.807) is 0 Å². The summed E-state index contributed by atoms with van der Waals surface area (Å²) in [6.45, 7) is 9.94. The Morgan fingerprint density at radius 3 is 2.61 bits per heavy atom. The zero-order chi connectivity index (χ0) is 13.4. The molecule has 0 saturated heterocycles. The van der Waals surface area contributed by atoms with Gasteiger partial charge in [-0.2, -0.15) is 5.10 Å². The van der Waals surface area contributed by atoms with Gasteiger partial charge in [-0.3, -0.25) is 4.68 Å². The Balaban J connectivity index is 2.35. The predicted octanol–water partition coefficient (Wildman–Crippen LogP) is 3.56. The summed E-state index contributed by atoms with van der Waals surface area (Å²) in [7, 11) is 0. The molecular formula is C15H29N3. The molecule has 0 spiro atoms. The molecule has 1 aromatic rings. The summed E-state index contributed by atoms with van der Waals surface area (Å²) in [5, 5.41) is 8.14. The minimum Gasteiger partial charge on any atom is -0.315 e. The predicted molar refractivity (Wildman–Crippen MR) is 77.9 cm³/mol. The standard InChI is InChI=1S/C15H29N3/c1-5-15(6-2)18-12-11-14(17-18)10-8-9-13(4)16-7-3/h11-13,15-16H,5-10H2,1-4H3. The van der Waals surface area contributed by atoms with Crippen LogP contribution in [-0.2, 0) is 6.42 Å². The number of rotatable bonds is 9. The van der Waals surface area contributed by atoms with Gasteiger partial charge in [0, 0.05) is 12.2 Å². The first kappa shape index (κ1) is 15.2. The summed E-state index contributed by atoms with van der Waals surface area (Å²) in [6.07, 6.45) is 8.01. The van der Waals surface area contributed by atoms with Gasteiger partial charge in [-0.15, -0.1) is 0 Å². The third-order valence-electron chi connectivity index (χ3n) is 3.60. The van der Waals surface area contributed by atoms with Gasteiger partial charge in [0.25, 0.3) is 0 Å². The number of aryl methyl sites for hydroxylation is 1. The first-order valence-electron chi connectivity index (χ1n) is 7.48. The van der Waals surface area contributed by atoms with Gasteiger partial charge in [0.2, 0.25) is 0 Å². The molecule has 18 heavy (non-hydrogen) atoms. The maximum absolute atomic E-state index is 4.69. The Kier molecular flexibility index (Phi) is 7.02. The molecule has 0 saturated carbocycles. The Hall–Kier alpha value is -0.830. The summed E-state index contributed by atoms with van der Waals surface area (Å²) in [4.78, 5) is 0. The highest BCUT2D eigenvalue weighted by atomic mass is 15.3. The van der Waals surface area contributed by atoms with Crippen LogP contribution in [-0.4, -0.2) is 22.4 Å². The van der Waals surface area contributed by atoms with Crippen molar-refractivity contribution in [3.8, 4) is 0 Å². The molecule has 0 aliphatic carbocycles. The topological polar surface area (TPSA) is 29.9 Å². The number of hydrogen-bond donors (Lipinski definition) is 1. The molecular weight excluding hydrogens is 222 g/mol. The third-order valence-corrected chi connectivity index (χ3v) is 3.60. The van der Waals surface area contributed by atoms with Crippen LogP contribution in [0.15, 0.2) is 12.3 Å². The van der Waals surface area contributed by atoms with E-state index in [-0.39, 0.29) is 0 Å². The Labute approximate surface area is 112 Å². The fourth-order valence-corrected chi connectivity index (χ4v) is 2.42. The van der Waals surface area contributed by atoms with E-state index >= 15 is 0 Å². The summed E-state index contributed by atoms with van der Waals surface area (Å²) < 4.78 is 2.14. The van der Waals surface area contributed by atoms with Crippen LogP contribution in [0.5, 0.6) is 0 Å². The van der Waals surface area contributed by atoms with Crippen LogP contribution in [0.1, 0.15) is 65.1 Å². The Morgan fingerprint density at radius 1 is 1.28 bits per heavy atom. The van der Waals surface area contributed by atoms with Crippen LogP contribution in [0, 0.1) is 0 Å². The Morgan fingerprint density at radius 2 is 2.00 bits per heavy atom. The van der Waals surface area contributed by atoms with Gasteiger partial charge in [-0.05, 0) is 51.6 Å². The van der Waals surface area contributed by atoms with Crippen molar-refractivity contribution in [1.29, 1.82) is 0 Å². The maximum atomic E-state index is 4.69. The first-order chi connectivity index (χ1) is 8.71. The average Bonchev–Trinajstić information content (AvgIpc) is 2.80. The normalized spacial score (nSPS) is 13.2. The lowest BCUT2D eigenvalue weighted by molar-refractivity contribution is 0.424. The van der Waals surface area contributed by atoms with Crippen molar-refractivity contribution in [2.24, 2.45) is 0 Å². The molecule has 0 aliphatic heterocycles. The lowest BCUT2D eigenvalue weighted by Gasteiger charge is -2.12. The zero-order valence-corrected chi connectivity index (χ0v) is 12.4. The molecule has 1 rings (SSSR count). The summed E-state index contributed by atoms with van der Waals surface area (Å²) in [5.41, 5.74) is 1.24. The van der Waals surface area contributed by atoms with E-state index in [4.69, 9.17) is 5.10 Å². The summed E-state index contributed by atoms with van der Waals surface area (Å²) in [6, 6.07) is 3.37. The molecule has 0 radical (unpaired) electrons. The van der Waals surface area contributed by atoms with E-state index in [2.05, 4.69) is 50.0 Å². The van der Waals surface area contributed by atoms with Crippen LogP contribution < -0.4 is 5.32 Å². The second kappa shape index (κ2) is 8.30. The smallest absolute Gasteiger partial charge is 0.0624 e. The van der Waals surface area contributed by atoms with Crippen molar-refractivity contribution < 1.29 is 0 Å². The number of nitrogens with one attached hydrogen (secondary N) is 1. The van der Waals surface area contributed by atoms with Gasteiger partial charge in [-0.1, -0.05) is 20.8 Å². The van der Waals surface area contributed by atoms with E-state index in [1.165, 1.54) is 18.5 Å². The van der Waals surface area contributed by atoms with Crippen LogP contribution in [0.3, 0.4) is 0 Å². The zero-order valence-electron chi connectivity index (χ0n) is 12.4.